The Morgan fingerprint density at radius 3 is 1.21 bits per heavy atom. The predicted molar refractivity (Wildman–Crippen MR) is 232 cm³/mol. The molecule has 2 nitrogen and oxygen atoms in total. The molecule has 58 heavy (non-hydrogen) atoms. The molecule has 0 amide bonds. The number of halogens is 6. The molecule has 0 spiro atoms. The van der Waals surface area contributed by atoms with Crippen molar-refractivity contribution in [1.29, 1.82) is 0 Å². The molecule has 0 radical (unpaired) electrons. The summed E-state index contributed by atoms with van der Waals surface area (Å²) in [5, 5.41) is 0. The van der Waals surface area contributed by atoms with Gasteiger partial charge in [-0.3, -0.25) is 9.59 Å². The van der Waals surface area contributed by atoms with Crippen LogP contribution in [0.4, 0.5) is 26.3 Å². The van der Waals surface area contributed by atoms with Crippen LogP contribution in [0.2, 0.25) is 0 Å². The Balaban J connectivity index is 0.000000349. The third-order valence-corrected chi connectivity index (χ3v) is 11.7. The van der Waals surface area contributed by atoms with E-state index in [-0.39, 0.29) is 43.8 Å². The van der Waals surface area contributed by atoms with Crippen LogP contribution in [0.25, 0.3) is 0 Å². The van der Waals surface area contributed by atoms with Crippen LogP contribution < -0.4 is 0 Å². The van der Waals surface area contributed by atoms with Crippen molar-refractivity contribution in [3.63, 3.8) is 0 Å². The van der Waals surface area contributed by atoms with E-state index < -0.39 is 36.0 Å². The van der Waals surface area contributed by atoms with Crippen molar-refractivity contribution in [2.75, 3.05) is 0 Å². The molecular formula is C50H88F6O2. The molecule has 342 valence electrons. The predicted octanol–water partition coefficient (Wildman–Crippen LogP) is 16.6. The largest absolute Gasteiger partial charge is 0.300 e. The van der Waals surface area contributed by atoms with Crippen LogP contribution in [-0.4, -0.2) is 34.7 Å². The summed E-state index contributed by atoms with van der Waals surface area (Å²) in [5.74, 6) is 2.25. The Morgan fingerprint density at radius 1 is 0.483 bits per heavy atom. The lowest BCUT2D eigenvalue weighted by molar-refractivity contribution is -0.175. The van der Waals surface area contributed by atoms with Crippen molar-refractivity contribution in [1.82, 2.24) is 0 Å². The first-order valence-corrected chi connectivity index (χ1v) is 23.4. The van der Waals surface area contributed by atoms with Gasteiger partial charge in [0, 0.05) is 51.4 Å². The summed E-state index contributed by atoms with van der Waals surface area (Å²) in [6, 6.07) is 0. The van der Waals surface area contributed by atoms with Crippen molar-refractivity contribution in [2.45, 2.75) is 235 Å². The number of hydrogen-bond acceptors (Lipinski definition) is 2. The molecule has 0 unspecified atom stereocenters. The molecule has 0 saturated heterocycles. The number of allylic oxidation sites excluding steroid dienone is 2. The molecule has 0 bridgehead atoms. The van der Waals surface area contributed by atoms with E-state index in [1.807, 2.05) is 27.7 Å². The highest BCUT2D eigenvalue weighted by Gasteiger charge is 2.57. The van der Waals surface area contributed by atoms with Gasteiger partial charge in [-0.05, 0) is 111 Å². The zero-order chi connectivity index (χ0) is 44.5. The van der Waals surface area contributed by atoms with Crippen molar-refractivity contribution >= 4 is 11.6 Å². The summed E-state index contributed by atoms with van der Waals surface area (Å²) in [6.45, 7) is 25.5. The van der Waals surface area contributed by atoms with Crippen molar-refractivity contribution in [3.05, 3.63) is 12.2 Å². The van der Waals surface area contributed by atoms with Gasteiger partial charge in [0.1, 0.15) is 22.9 Å². The molecule has 6 rings (SSSR count). The molecule has 0 aromatic heterocycles. The van der Waals surface area contributed by atoms with E-state index in [0.29, 0.717) is 30.0 Å². The summed E-state index contributed by atoms with van der Waals surface area (Å²) in [4.78, 5) is 20.9. The molecule has 0 aliphatic heterocycles. The minimum Gasteiger partial charge on any atom is -0.300 e. The van der Waals surface area contributed by atoms with Gasteiger partial charge in [-0.15, -0.1) is 0 Å². The average Bonchev–Trinajstić information content (AvgIpc) is 3.68. The topological polar surface area (TPSA) is 34.1 Å². The maximum absolute atomic E-state index is 13.2. The van der Waals surface area contributed by atoms with E-state index in [2.05, 4.69) is 67.5 Å². The Morgan fingerprint density at radius 2 is 0.862 bits per heavy atom. The fourth-order valence-corrected chi connectivity index (χ4v) is 9.76. The summed E-state index contributed by atoms with van der Waals surface area (Å²) < 4.78 is 75.3. The van der Waals surface area contributed by atoms with E-state index >= 15 is 0 Å². The number of rotatable bonds is 12. The van der Waals surface area contributed by atoms with Gasteiger partial charge in [0.15, 0.2) is 0 Å². The van der Waals surface area contributed by atoms with Gasteiger partial charge in [0.25, 0.3) is 5.92 Å². The molecule has 0 N–H and O–H groups in total. The monoisotopic (exact) mass is 835 g/mol. The molecular weight excluding hydrogens is 747 g/mol. The van der Waals surface area contributed by atoms with Gasteiger partial charge in [0.05, 0.1) is 0 Å². The zero-order valence-corrected chi connectivity index (χ0v) is 39.2. The van der Waals surface area contributed by atoms with Gasteiger partial charge >= 0.3 is 0 Å². The van der Waals surface area contributed by atoms with E-state index in [1.54, 1.807) is 0 Å². The van der Waals surface area contributed by atoms with Crippen molar-refractivity contribution < 1.29 is 35.9 Å². The van der Waals surface area contributed by atoms with Crippen molar-refractivity contribution in [2.24, 2.45) is 59.2 Å². The lowest BCUT2D eigenvalue weighted by atomic mass is 9.73. The Hall–Kier alpha value is -1.34. The summed E-state index contributed by atoms with van der Waals surface area (Å²) in [5.41, 5.74) is -2.71. The van der Waals surface area contributed by atoms with Crippen LogP contribution in [0, 0.1) is 59.2 Å². The molecule has 6 aliphatic rings. The van der Waals surface area contributed by atoms with Crippen LogP contribution in [0.3, 0.4) is 0 Å². The lowest BCUT2D eigenvalue weighted by Crippen LogP contribution is -2.49. The van der Waals surface area contributed by atoms with Gasteiger partial charge in [0.2, 0.25) is 5.92 Å². The van der Waals surface area contributed by atoms with E-state index in [4.69, 9.17) is 0 Å². The first kappa shape index (κ1) is 54.7. The molecule has 6 aliphatic carbocycles. The smallest absolute Gasteiger partial charge is 0.254 e. The highest BCUT2D eigenvalue weighted by atomic mass is 19.3. The van der Waals surface area contributed by atoms with Gasteiger partial charge < -0.3 is 0 Å². The van der Waals surface area contributed by atoms with Crippen LogP contribution in [0.15, 0.2) is 12.2 Å². The quantitative estimate of drug-likeness (QED) is 0.145. The lowest BCUT2D eigenvalue weighted by Gasteiger charge is -2.41. The first-order valence-electron chi connectivity index (χ1n) is 23.4. The van der Waals surface area contributed by atoms with Gasteiger partial charge in [-0.2, -0.15) is 0 Å². The van der Waals surface area contributed by atoms with Crippen LogP contribution >= 0.6 is 0 Å². The molecule has 0 atom stereocenters. The zero-order valence-electron chi connectivity index (χ0n) is 39.2. The second-order valence-electron chi connectivity index (χ2n) is 22.0. The van der Waals surface area contributed by atoms with Crippen LogP contribution in [-0.2, 0) is 9.59 Å². The number of carbonyl (C=O) groups is 2. The van der Waals surface area contributed by atoms with E-state index in [1.165, 1.54) is 57.8 Å². The molecule has 5 saturated carbocycles. The molecule has 0 heterocycles. The summed E-state index contributed by atoms with van der Waals surface area (Å²) in [7, 11) is 0. The minimum absolute atomic E-state index is 0.0724. The Kier molecular flexibility index (Phi) is 24.1. The standard InChI is InChI=1S/C9H18.C9H16.C8H13F3.C8H14F2.C8H13FO.C8H14O/c2*1-8(2)7-9-5-3-4-6-9;1-6(2)3-7(9)4-8(10,11)5-7;1-6(2)3-7-4-8(9,10)5-7;1-6(2)3-8(9)4-7(10)5-8;1-6(2)3-7-4-8(9)5-7/h8-9H,3-7H2,1-2H3;3-4,8-9H,5-7H2,1-2H3;6H,3-5H2,1-2H3;6-7H,3-5H2,1-2H3;6H,3-5H2,1-2H3;6-7H,3-5H2,1-2H3. The average molecular weight is 835 g/mol. The number of Topliss-reactive ketones (excluding diaryl/α,β-unsaturated/α-hetero) is 2. The van der Waals surface area contributed by atoms with Crippen LogP contribution in [0.5, 0.6) is 0 Å². The van der Waals surface area contributed by atoms with Gasteiger partial charge in [-0.1, -0.05) is 121 Å². The third-order valence-electron chi connectivity index (χ3n) is 11.7. The summed E-state index contributed by atoms with van der Waals surface area (Å²) in [6.07, 6.45) is 20.4. The highest BCUT2D eigenvalue weighted by molar-refractivity contribution is 5.87. The third kappa shape index (κ3) is 25.4. The number of alkyl halides is 6. The number of carbonyl (C=O) groups excluding carboxylic acids is 2. The van der Waals surface area contributed by atoms with Crippen LogP contribution in [0.1, 0.15) is 212 Å². The minimum atomic E-state index is -2.73. The Bertz CT molecular complexity index is 1130. The summed E-state index contributed by atoms with van der Waals surface area (Å²) >= 11 is 0. The SMILES string of the molecule is CC(C)CC1(F)CC(=O)C1.CC(C)CC1(F)CC(F)(F)C1.CC(C)CC1CC(=O)C1.CC(C)CC1CC(F)(F)C1.CC(C)CC1CC=CC1.CC(C)CC1CCCC1. The first-order chi connectivity index (χ1) is 26.6. The molecule has 0 aromatic rings. The van der Waals surface area contributed by atoms with E-state index in [9.17, 15) is 35.9 Å². The molecule has 0 aromatic carbocycles. The van der Waals surface area contributed by atoms with Gasteiger partial charge in [-0.25, -0.2) is 26.3 Å². The maximum atomic E-state index is 13.2. The Labute approximate surface area is 352 Å². The maximum Gasteiger partial charge on any atom is 0.254 e. The normalized spacial score (nSPS) is 23.0. The fourth-order valence-electron chi connectivity index (χ4n) is 9.76. The molecule has 5 fully saturated rings. The highest BCUT2D eigenvalue weighted by Crippen LogP contribution is 2.51. The molecule has 8 heteroatoms. The second-order valence-corrected chi connectivity index (χ2v) is 22.0. The second kappa shape index (κ2) is 25.6. The number of ketones is 2. The fraction of sp³-hybridized carbons (Fsp3) is 0.920. The van der Waals surface area contributed by atoms with E-state index in [0.717, 1.165) is 54.8 Å². The number of hydrogen-bond donors (Lipinski definition) is 0. The van der Waals surface area contributed by atoms with Crippen molar-refractivity contribution in [3.8, 4) is 0 Å².